The molecule has 0 aromatic heterocycles. The van der Waals surface area contributed by atoms with Gasteiger partial charge in [0.1, 0.15) is 5.54 Å². The average Bonchev–Trinajstić information content (AvgIpc) is 3.03. The summed E-state index contributed by atoms with van der Waals surface area (Å²) in [5.41, 5.74) is -2.04. The summed E-state index contributed by atoms with van der Waals surface area (Å²) in [5, 5.41) is 12.7. The van der Waals surface area contributed by atoms with E-state index in [2.05, 4.69) is 5.32 Å². The maximum absolute atomic E-state index is 12.5. The molecule has 2 amide bonds. The van der Waals surface area contributed by atoms with Crippen molar-refractivity contribution in [2.45, 2.75) is 50.2 Å². The van der Waals surface area contributed by atoms with Gasteiger partial charge >= 0.3 is 18.2 Å². The number of nitrogens with one attached hydrogen (secondary N) is 2. The molecule has 1 fully saturated rings. The second-order valence-corrected chi connectivity index (χ2v) is 4.67. The molecule has 1 saturated carbocycles. The van der Waals surface area contributed by atoms with Gasteiger partial charge in [-0.25, -0.2) is 4.79 Å². The van der Waals surface area contributed by atoms with E-state index in [1.165, 1.54) is 0 Å². The molecule has 1 aliphatic carbocycles. The number of carbonyl (C=O) groups excluding carboxylic acids is 1. The number of alkyl halides is 3. The molecular weight excluding hydrogens is 265 g/mol. The summed E-state index contributed by atoms with van der Waals surface area (Å²) in [6.45, 7) is 0.236. The number of carbonyl (C=O) groups is 2. The van der Waals surface area contributed by atoms with Crippen molar-refractivity contribution < 1.29 is 27.9 Å². The van der Waals surface area contributed by atoms with Crippen LogP contribution in [0.4, 0.5) is 18.0 Å². The zero-order chi connectivity index (χ0) is 14.5. The Morgan fingerprint density at radius 3 is 2.26 bits per heavy atom. The van der Waals surface area contributed by atoms with Crippen molar-refractivity contribution in [2.75, 3.05) is 6.54 Å². The first-order valence-electron chi connectivity index (χ1n) is 6.11. The van der Waals surface area contributed by atoms with Crippen LogP contribution in [0.2, 0.25) is 0 Å². The topological polar surface area (TPSA) is 78.4 Å². The van der Waals surface area contributed by atoms with Crippen molar-refractivity contribution in [2.24, 2.45) is 0 Å². The summed E-state index contributed by atoms with van der Waals surface area (Å²) < 4.78 is 37.6. The van der Waals surface area contributed by atoms with Crippen LogP contribution in [0, 0.1) is 0 Å². The van der Waals surface area contributed by atoms with E-state index in [1.807, 2.05) is 5.32 Å². The SMILES string of the molecule is O=C(O)CCCCCNC(=O)NC1(C(F)(F)F)CC1. The highest BCUT2D eigenvalue weighted by Gasteiger charge is 2.64. The zero-order valence-electron chi connectivity index (χ0n) is 10.3. The lowest BCUT2D eigenvalue weighted by molar-refractivity contribution is -0.162. The average molecular weight is 282 g/mol. The van der Waals surface area contributed by atoms with Gasteiger partial charge in [0.2, 0.25) is 0 Å². The van der Waals surface area contributed by atoms with Gasteiger partial charge in [-0.1, -0.05) is 6.42 Å². The Morgan fingerprint density at radius 2 is 1.79 bits per heavy atom. The molecule has 3 N–H and O–H groups in total. The number of hydrogen-bond donors (Lipinski definition) is 3. The van der Waals surface area contributed by atoms with E-state index in [4.69, 9.17) is 5.11 Å². The monoisotopic (exact) mass is 282 g/mol. The number of rotatable bonds is 7. The van der Waals surface area contributed by atoms with Gasteiger partial charge in [0.25, 0.3) is 0 Å². The summed E-state index contributed by atoms with van der Waals surface area (Å²) >= 11 is 0. The van der Waals surface area contributed by atoms with Crippen molar-refractivity contribution in [1.82, 2.24) is 10.6 Å². The van der Waals surface area contributed by atoms with Crippen molar-refractivity contribution in [3.05, 3.63) is 0 Å². The number of carboxylic acids is 1. The minimum Gasteiger partial charge on any atom is -0.481 e. The highest BCUT2D eigenvalue weighted by atomic mass is 19.4. The molecule has 0 unspecified atom stereocenters. The predicted molar refractivity (Wildman–Crippen MR) is 60.7 cm³/mol. The van der Waals surface area contributed by atoms with E-state index in [0.29, 0.717) is 19.3 Å². The molecule has 0 aromatic carbocycles. The number of urea groups is 1. The maximum Gasteiger partial charge on any atom is 0.411 e. The van der Waals surface area contributed by atoms with Crippen LogP contribution in [-0.4, -0.2) is 35.4 Å². The summed E-state index contributed by atoms with van der Waals surface area (Å²) in [7, 11) is 0. The van der Waals surface area contributed by atoms with Crippen LogP contribution in [0.1, 0.15) is 38.5 Å². The van der Waals surface area contributed by atoms with Gasteiger partial charge in [-0.15, -0.1) is 0 Å². The van der Waals surface area contributed by atoms with Gasteiger partial charge in [0.15, 0.2) is 0 Å². The van der Waals surface area contributed by atoms with Crippen LogP contribution >= 0.6 is 0 Å². The molecule has 1 rings (SSSR count). The summed E-state index contributed by atoms with van der Waals surface area (Å²) in [5.74, 6) is -0.883. The van der Waals surface area contributed by atoms with Crippen LogP contribution in [0.25, 0.3) is 0 Å². The Balaban J connectivity index is 2.11. The van der Waals surface area contributed by atoms with Crippen LogP contribution < -0.4 is 10.6 Å². The maximum atomic E-state index is 12.5. The Kier molecular flexibility index (Phi) is 5.02. The van der Waals surface area contributed by atoms with Crippen LogP contribution in [0.3, 0.4) is 0 Å². The smallest absolute Gasteiger partial charge is 0.411 e. The second kappa shape index (κ2) is 6.12. The highest BCUT2D eigenvalue weighted by molar-refractivity contribution is 5.75. The molecule has 19 heavy (non-hydrogen) atoms. The summed E-state index contributed by atoms with van der Waals surface area (Å²) in [4.78, 5) is 21.5. The first-order chi connectivity index (χ1) is 8.77. The van der Waals surface area contributed by atoms with Gasteiger partial charge in [-0.05, 0) is 25.7 Å². The Labute approximate surface area is 108 Å². The van der Waals surface area contributed by atoms with Crippen LogP contribution in [0.5, 0.6) is 0 Å². The molecule has 8 heteroatoms. The summed E-state index contributed by atoms with van der Waals surface area (Å²) in [6, 6.07) is -0.826. The van der Waals surface area contributed by atoms with E-state index in [1.54, 1.807) is 0 Å². The molecular formula is C11H17F3N2O3. The molecule has 5 nitrogen and oxygen atoms in total. The lowest BCUT2D eigenvalue weighted by Gasteiger charge is -2.20. The molecule has 1 aliphatic rings. The fourth-order valence-electron chi connectivity index (χ4n) is 1.65. The van der Waals surface area contributed by atoms with Gasteiger partial charge in [-0.3, -0.25) is 4.79 Å². The van der Waals surface area contributed by atoms with Crippen molar-refractivity contribution in [3.8, 4) is 0 Å². The molecule has 0 atom stereocenters. The Morgan fingerprint density at radius 1 is 1.16 bits per heavy atom. The number of carboxylic acid groups (broad SMARTS) is 1. The molecule has 110 valence electrons. The normalized spacial score (nSPS) is 16.8. The number of hydrogen-bond acceptors (Lipinski definition) is 2. The lowest BCUT2D eigenvalue weighted by Crippen LogP contribution is -2.51. The van der Waals surface area contributed by atoms with Gasteiger partial charge in [-0.2, -0.15) is 13.2 Å². The number of unbranched alkanes of at least 4 members (excludes halogenated alkanes) is 2. The van der Waals surface area contributed by atoms with E-state index in [0.717, 1.165) is 0 Å². The number of amides is 2. The zero-order valence-corrected chi connectivity index (χ0v) is 10.3. The molecule has 0 spiro atoms. The van der Waals surface area contributed by atoms with Crippen molar-refractivity contribution in [3.63, 3.8) is 0 Å². The third-order valence-electron chi connectivity index (χ3n) is 3.00. The minimum absolute atomic E-state index is 0.0589. The predicted octanol–water partition coefficient (Wildman–Crippen LogP) is 2.03. The standard InChI is InChI=1S/C11H17F3N2O3/c12-11(13,14)10(5-6-10)16-9(19)15-7-3-1-2-4-8(17)18/h1-7H2,(H,17,18)(H2,15,16,19). The Hall–Kier alpha value is -1.47. The number of aliphatic carboxylic acids is 1. The first kappa shape index (κ1) is 15.6. The van der Waals surface area contributed by atoms with E-state index in [9.17, 15) is 22.8 Å². The molecule has 0 heterocycles. The van der Waals surface area contributed by atoms with Gasteiger partial charge in [0, 0.05) is 13.0 Å². The molecule has 0 radical (unpaired) electrons. The fourth-order valence-corrected chi connectivity index (χ4v) is 1.65. The Bertz CT molecular complexity index is 341. The second-order valence-electron chi connectivity index (χ2n) is 4.67. The molecule has 0 aromatic rings. The van der Waals surface area contributed by atoms with Gasteiger partial charge in [0.05, 0.1) is 0 Å². The molecule has 0 bridgehead atoms. The van der Waals surface area contributed by atoms with Crippen LogP contribution in [-0.2, 0) is 4.79 Å². The quantitative estimate of drug-likeness (QED) is 0.625. The third kappa shape index (κ3) is 4.96. The van der Waals surface area contributed by atoms with Crippen LogP contribution in [0.15, 0.2) is 0 Å². The lowest BCUT2D eigenvalue weighted by atomic mass is 10.2. The van der Waals surface area contributed by atoms with Crippen molar-refractivity contribution in [1.29, 1.82) is 0 Å². The summed E-state index contributed by atoms with van der Waals surface area (Å²) in [6.07, 6.45) is -2.87. The van der Waals surface area contributed by atoms with Gasteiger partial charge < -0.3 is 15.7 Å². The molecule has 0 aliphatic heterocycles. The van der Waals surface area contributed by atoms with E-state index in [-0.39, 0.29) is 25.8 Å². The fraction of sp³-hybridized carbons (Fsp3) is 0.818. The minimum atomic E-state index is -4.41. The van der Waals surface area contributed by atoms with E-state index < -0.39 is 23.7 Å². The number of halogens is 3. The largest absolute Gasteiger partial charge is 0.481 e. The third-order valence-corrected chi connectivity index (χ3v) is 3.00. The first-order valence-corrected chi connectivity index (χ1v) is 6.11. The molecule has 0 saturated heterocycles. The highest BCUT2D eigenvalue weighted by Crippen LogP contribution is 2.48. The van der Waals surface area contributed by atoms with E-state index >= 15 is 0 Å². The van der Waals surface area contributed by atoms with Crippen molar-refractivity contribution >= 4 is 12.0 Å².